The van der Waals surface area contributed by atoms with Crippen LogP contribution in [0.2, 0.25) is 15.1 Å². The molecule has 0 saturated carbocycles. The summed E-state index contributed by atoms with van der Waals surface area (Å²) in [7, 11) is 0. The molecule has 1 fully saturated rings. The molecule has 37 heavy (non-hydrogen) atoms. The minimum atomic E-state index is -1.19. The number of rotatable bonds is 6. The molecule has 1 unspecified atom stereocenters. The van der Waals surface area contributed by atoms with Crippen molar-refractivity contribution < 1.29 is 14.4 Å². The van der Waals surface area contributed by atoms with E-state index in [-0.39, 0.29) is 30.2 Å². The minimum Gasteiger partial charge on any atom is -0.349 e. The van der Waals surface area contributed by atoms with Gasteiger partial charge in [-0.3, -0.25) is 14.5 Å². The van der Waals surface area contributed by atoms with Crippen LogP contribution in [0.15, 0.2) is 66.7 Å². The summed E-state index contributed by atoms with van der Waals surface area (Å²) in [5.74, 6) is -0.957. The molecule has 0 bridgehead atoms. The molecule has 3 aromatic carbocycles. The first-order valence-corrected chi connectivity index (χ1v) is 12.5. The van der Waals surface area contributed by atoms with Gasteiger partial charge in [-0.15, -0.1) is 0 Å². The smallest absolute Gasteiger partial charge is 0.323 e. The lowest BCUT2D eigenvalue weighted by atomic mass is 10.1. The second-order valence-electron chi connectivity index (χ2n) is 8.37. The number of nitrogens with one attached hydrogen (secondary N) is 2. The van der Waals surface area contributed by atoms with Crippen molar-refractivity contribution in [1.82, 2.24) is 15.1 Å². The SMILES string of the molecule is NCc1cccc(CNC(=O)C2N(C(=O)Nc3ccc(Cl)cc3)CCN2C(=O)c2ccc(Cl)c(Cl)c2)c1. The third-order valence-corrected chi connectivity index (χ3v) is 6.88. The lowest BCUT2D eigenvalue weighted by molar-refractivity contribution is -0.128. The average Bonchev–Trinajstić information content (AvgIpc) is 3.35. The fourth-order valence-electron chi connectivity index (χ4n) is 4.01. The molecule has 0 aliphatic carbocycles. The predicted molar refractivity (Wildman–Crippen MR) is 145 cm³/mol. The zero-order valence-corrected chi connectivity index (χ0v) is 21.9. The Balaban J connectivity index is 1.57. The average molecular weight is 561 g/mol. The van der Waals surface area contributed by atoms with E-state index in [4.69, 9.17) is 40.5 Å². The van der Waals surface area contributed by atoms with Gasteiger partial charge in [0, 0.05) is 42.5 Å². The van der Waals surface area contributed by atoms with Crippen LogP contribution in [0.5, 0.6) is 0 Å². The van der Waals surface area contributed by atoms with Gasteiger partial charge in [0.05, 0.1) is 10.0 Å². The van der Waals surface area contributed by atoms with E-state index < -0.39 is 24.0 Å². The first kappa shape index (κ1) is 26.8. The first-order chi connectivity index (χ1) is 17.8. The maximum atomic E-state index is 13.4. The molecule has 3 aromatic rings. The van der Waals surface area contributed by atoms with Gasteiger partial charge in [0.1, 0.15) is 0 Å². The monoisotopic (exact) mass is 559 g/mol. The third-order valence-electron chi connectivity index (χ3n) is 5.88. The highest BCUT2D eigenvalue weighted by atomic mass is 35.5. The Hall–Kier alpha value is -3.30. The topological polar surface area (TPSA) is 108 Å². The van der Waals surface area contributed by atoms with E-state index in [1.807, 2.05) is 24.3 Å². The van der Waals surface area contributed by atoms with Crippen molar-refractivity contribution in [2.75, 3.05) is 18.4 Å². The van der Waals surface area contributed by atoms with Gasteiger partial charge in [-0.05, 0) is 53.6 Å². The molecule has 0 radical (unpaired) electrons. The molecule has 1 atom stereocenters. The number of urea groups is 1. The number of halogens is 3. The van der Waals surface area contributed by atoms with E-state index in [1.54, 1.807) is 24.3 Å². The second kappa shape index (κ2) is 11.8. The molecule has 0 aromatic heterocycles. The summed E-state index contributed by atoms with van der Waals surface area (Å²) in [6.45, 7) is 0.862. The molecular formula is C26H24Cl3N5O3. The van der Waals surface area contributed by atoms with Gasteiger partial charge in [0.15, 0.2) is 6.17 Å². The number of hydrogen-bond acceptors (Lipinski definition) is 4. The van der Waals surface area contributed by atoms with Gasteiger partial charge in [-0.2, -0.15) is 0 Å². The minimum absolute atomic E-state index is 0.146. The third kappa shape index (κ3) is 6.34. The lowest BCUT2D eigenvalue weighted by Gasteiger charge is -2.29. The molecular weight excluding hydrogens is 537 g/mol. The van der Waals surface area contributed by atoms with E-state index in [0.717, 1.165) is 11.1 Å². The highest BCUT2D eigenvalue weighted by Gasteiger charge is 2.43. The highest BCUT2D eigenvalue weighted by Crippen LogP contribution is 2.26. The van der Waals surface area contributed by atoms with Gasteiger partial charge in [0.25, 0.3) is 11.8 Å². The molecule has 4 amide bonds. The highest BCUT2D eigenvalue weighted by molar-refractivity contribution is 6.42. The summed E-state index contributed by atoms with van der Waals surface area (Å²) in [6, 6.07) is 18.0. The van der Waals surface area contributed by atoms with E-state index in [0.29, 0.717) is 22.3 Å². The van der Waals surface area contributed by atoms with Crippen molar-refractivity contribution in [2.45, 2.75) is 19.3 Å². The van der Waals surface area contributed by atoms with Crippen molar-refractivity contribution >= 4 is 58.3 Å². The van der Waals surface area contributed by atoms with Crippen LogP contribution in [0.1, 0.15) is 21.5 Å². The number of carbonyl (C=O) groups is 3. The van der Waals surface area contributed by atoms with Crippen LogP contribution < -0.4 is 16.4 Å². The first-order valence-electron chi connectivity index (χ1n) is 11.4. The van der Waals surface area contributed by atoms with Crippen molar-refractivity contribution in [3.05, 3.63) is 98.5 Å². The normalized spacial score (nSPS) is 15.0. The quantitative estimate of drug-likeness (QED) is 0.405. The van der Waals surface area contributed by atoms with Crippen molar-refractivity contribution in [3.63, 3.8) is 0 Å². The maximum Gasteiger partial charge on any atom is 0.323 e. The summed E-state index contributed by atoms with van der Waals surface area (Å²) in [6.07, 6.45) is -1.19. The van der Waals surface area contributed by atoms with Gasteiger partial charge in [-0.25, -0.2) is 4.79 Å². The summed E-state index contributed by atoms with van der Waals surface area (Å²) in [4.78, 5) is 42.7. The van der Waals surface area contributed by atoms with Crippen LogP contribution in [0.25, 0.3) is 0 Å². The van der Waals surface area contributed by atoms with E-state index in [2.05, 4.69) is 10.6 Å². The Labute approximate surface area is 229 Å². The maximum absolute atomic E-state index is 13.4. The van der Waals surface area contributed by atoms with Gasteiger partial charge in [0.2, 0.25) is 0 Å². The number of anilines is 1. The van der Waals surface area contributed by atoms with E-state index >= 15 is 0 Å². The number of amides is 4. The van der Waals surface area contributed by atoms with Crippen LogP contribution in [0.4, 0.5) is 10.5 Å². The second-order valence-corrected chi connectivity index (χ2v) is 9.62. The molecule has 1 aliphatic heterocycles. The van der Waals surface area contributed by atoms with Crippen molar-refractivity contribution in [2.24, 2.45) is 5.73 Å². The number of hydrogen-bond donors (Lipinski definition) is 3. The molecule has 192 valence electrons. The predicted octanol–water partition coefficient (Wildman–Crippen LogP) is 4.74. The van der Waals surface area contributed by atoms with Crippen LogP contribution in [0, 0.1) is 0 Å². The largest absolute Gasteiger partial charge is 0.349 e. The van der Waals surface area contributed by atoms with Crippen molar-refractivity contribution in [3.8, 4) is 0 Å². The van der Waals surface area contributed by atoms with Crippen LogP contribution >= 0.6 is 34.8 Å². The molecule has 4 N–H and O–H groups in total. The molecule has 1 aliphatic rings. The summed E-state index contributed by atoms with van der Waals surface area (Å²) >= 11 is 18.0. The Morgan fingerprint density at radius 3 is 2.27 bits per heavy atom. The number of nitrogens with zero attached hydrogens (tertiary/aromatic N) is 2. The van der Waals surface area contributed by atoms with Crippen LogP contribution in [-0.4, -0.2) is 46.9 Å². The Morgan fingerprint density at radius 1 is 0.865 bits per heavy atom. The van der Waals surface area contributed by atoms with Crippen molar-refractivity contribution in [1.29, 1.82) is 0 Å². The van der Waals surface area contributed by atoms with Crippen LogP contribution in [0.3, 0.4) is 0 Å². The molecule has 1 saturated heterocycles. The standard InChI is InChI=1S/C26H24Cl3N5O3/c27-19-5-7-20(8-6-19)32-26(37)34-11-10-33(25(36)18-4-9-21(28)22(29)13-18)24(34)23(35)31-15-17-3-1-2-16(12-17)14-30/h1-9,12-13,24H,10-11,14-15,30H2,(H,31,35)(H,32,37). The molecule has 11 heteroatoms. The Bertz CT molecular complexity index is 1320. The fourth-order valence-corrected chi connectivity index (χ4v) is 4.43. The lowest BCUT2D eigenvalue weighted by Crippen LogP contribution is -2.54. The van der Waals surface area contributed by atoms with E-state index in [9.17, 15) is 14.4 Å². The Morgan fingerprint density at radius 2 is 1.57 bits per heavy atom. The van der Waals surface area contributed by atoms with Gasteiger partial charge >= 0.3 is 6.03 Å². The summed E-state index contributed by atoms with van der Waals surface area (Å²) in [5, 5.41) is 6.64. The summed E-state index contributed by atoms with van der Waals surface area (Å²) < 4.78 is 0. The number of carbonyl (C=O) groups excluding carboxylic acids is 3. The number of nitrogens with two attached hydrogens (primary N) is 1. The Kier molecular flexibility index (Phi) is 8.56. The van der Waals surface area contributed by atoms with Gasteiger partial charge < -0.3 is 21.3 Å². The summed E-state index contributed by atoms with van der Waals surface area (Å²) in [5.41, 5.74) is 8.24. The van der Waals surface area contributed by atoms with Crippen LogP contribution in [-0.2, 0) is 17.9 Å². The zero-order valence-electron chi connectivity index (χ0n) is 19.6. The van der Waals surface area contributed by atoms with Gasteiger partial charge in [-0.1, -0.05) is 59.1 Å². The molecule has 1 heterocycles. The fraction of sp³-hybridized carbons (Fsp3) is 0.192. The molecule has 0 spiro atoms. The molecule has 4 rings (SSSR count). The molecule has 8 nitrogen and oxygen atoms in total. The van der Waals surface area contributed by atoms with E-state index in [1.165, 1.54) is 28.0 Å². The zero-order chi connectivity index (χ0) is 26.5. The number of benzene rings is 3.